The summed E-state index contributed by atoms with van der Waals surface area (Å²) in [5, 5.41) is 4.59. The van der Waals surface area contributed by atoms with Crippen molar-refractivity contribution >= 4 is 11.6 Å². The fourth-order valence-corrected chi connectivity index (χ4v) is 1.52. The van der Waals surface area contributed by atoms with Gasteiger partial charge in [-0.1, -0.05) is 11.6 Å². The van der Waals surface area contributed by atoms with Gasteiger partial charge in [0.15, 0.2) is 0 Å². The summed E-state index contributed by atoms with van der Waals surface area (Å²) in [6.07, 6.45) is 1.59. The van der Waals surface area contributed by atoms with Crippen LogP contribution >= 0.6 is 11.6 Å². The smallest absolute Gasteiger partial charge is 0.267 e. The van der Waals surface area contributed by atoms with Crippen molar-refractivity contribution in [1.29, 1.82) is 0 Å². The van der Waals surface area contributed by atoms with Crippen LogP contribution in [0.4, 0.5) is 0 Å². The lowest BCUT2D eigenvalue weighted by Crippen LogP contribution is -2.23. The van der Waals surface area contributed by atoms with Crippen LogP contribution in [0.1, 0.15) is 5.69 Å². The maximum Gasteiger partial charge on any atom is 0.267 e. The number of rotatable bonds is 3. The maximum atomic E-state index is 11.6. The third-order valence-electron chi connectivity index (χ3n) is 2.14. The van der Waals surface area contributed by atoms with E-state index in [4.69, 9.17) is 16.3 Å². The zero-order valence-corrected chi connectivity index (χ0v) is 9.89. The summed E-state index contributed by atoms with van der Waals surface area (Å²) in [5.74, 6) is 0.381. The normalized spacial score (nSPS) is 10.2. The van der Waals surface area contributed by atoms with Gasteiger partial charge in [0.1, 0.15) is 0 Å². The number of hydrogen-bond acceptors (Lipinski definition) is 4. The molecule has 0 aromatic carbocycles. The van der Waals surface area contributed by atoms with Crippen LogP contribution in [-0.4, -0.2) is 21.9 Å². The van der Waals surface area contributed by atoms with Crippen molar-refractivity contribution in [3.05, 3.63) is 51.5 Å². The maximum absolute atomic E-state index is 11.6. The zero-order valence-electron chi connectivity index (χ0n) is 9.13. The summed E-state index contributed by atoms with van der Waals surface area (Å²) in [5.41, 5.74) is 0.452. The molecule has 0 unspecified atom stereocenters. The molecule has 0 radical (unpaired) electrons. The van der Waals surface area contributed by atoms with Gasteiger partial charge >= 0.3 is 0 Å². The number of ether oxygens (including phenoxy) is 1. The van der Waals surface area contributed by atoms with Gasteiger partial charge in [-0.25, -0.2) is 4.68 Å². The fraction of sp³-hybridized carbons (Fsp3) is 0.182. The summed E-state index contributed by atoms with van der Waals surface area (Å²) < 4.78 is 6.23. The SMILES string of the molecule is COc1ccc(=O)n(Cc2cc(Cl)ccn2)n1. The average molecular weight is 252 g/mol. The summed E-state index contributed by atoms with van der Waals surface area (Å²) in [4.78, 5) is 15.7. The van der Waals surface area contributed by atoms with Crippen molar-refractivity contribution in [2.24, 2.45) is 0 Å². The van der Waals surface area contributed by atoms with Gasteiger partial charge < -0.3 is 4.74 Å². The van der Waals surface area contributed by atoms with E-state index in [-0.39, 0.29) is 12.1 Å². The Hall–Kier alpha value is -1.88. The van der Waals surface area contributed by atoms with Crippen molar-refractivity contribution in [3.63, 3.8) is 0 Å². The highest BCUT2D eigenvalue weighted by Gasteiger charge is 2.03. The molecule has 0 aliphatic carbocycles. The Bertz CT molecular complexity index is 583. The first-order valence-electron chi connectivity index (χ1n) is 4.91. The first-order chi connectivity index (χ1) is 8.19. The van der Waals surface area contributed by atoms with Crippen molar-refractivity contribution in [2.75, 3.05) is 7.11 Å². The Kier molecular flexibility index (Phi) is 3.39. The van der Waals surface area contributed by atoms with Gasteiger partial charge in [0.05, 0.1) is 19.3 Å². The molecule has 0 bridgehead atoms. The van der Waals surface area contributed by atoms with Gasteiger partial charge in [-0.3, -0.25) is 9.78 Å². The van der Waals surface area contributed by atoms with Crippen LogP contribution in [0.2, 0.25) is 5.02 Å². The van der Waals surface area contributed by atoms with Crippen LogP contribution in [0.25, 0.3) is 0 Å². The fourth-order valence-electron chi connectivity index (χ4n) is 1.34. The number of halogens is 1. The lowest BCUT2D eigenvalue weighted by molar-refractivity contribution is 0.378. The number of pyridine rings is 1. The highest BCUT2D eigenvalue weighted by molar-refractivity contribution is 6.30. The molecule has 0 aliphatic rings. The molecule has 0 fully saturated rings. The van der Waals surface area contributed by atoms with Gasteiger partial charge in [0.25, 0.3) is 5.56 Å². The molecule has 0 amide bonds. The minimum absolute atomic E-state index is 0.215. The number of hydrogen-bond donors (Lipinski definition) is 0. The van der Waals surface area contributed by atoms with Gasteiger partial charge in [0.2, 0.25) is 5.88 Å². The first-order valence-corrected chi connectivity index (χ1v) is 5.29. The second-order valence-corrected chi connectivity index (χ2v) is 3.77. The van der Waals surface area contributed by atoms with Crippen molar-refractivity contribution in [1.82, 2.24) is 14.8 Å². The number of aromatic nitrogens is 3. The molecule has 0 saturated carbocycles. The molecule has 0 N–H and O–H groups in total. The number of nitrogens with zero attached hydrogens (tertiary/aromatic N) is 3. The molecule has 2 aromatic heterocycles. The summed E-state index contributed by atoms with van der Waals surface area (Å²) in [7, 11) is 1.49. The molecule has 2 heterocycles. The van der Waals surface area contributed by atoms with Crippen molar-refractivity contribution in [3.8, 4) is 5.88 Å². The molecule has 17 heavy (non-hydrogen) atoms. The van der Waals surface area contributed by atoms with E-state index in [1.54, 1.807) is 18.3 Å². The van der Waals surface area contributed by atoms with E-state index in [0.29, 0.717) is 16.6 Å². The van der Waals surface area contributed by atoms with Crippen LogP contribution in [-0.2, 0) is 6.54 Å². The molecule has 0 atom stereocenters. The molecular formula is C11H10ClN3O2. The van der Waals surface area contributed by atoms with E-state index < -0.39 is 0 Å². The average Bonchev–Trinajstić information content (AvgIpc) is 2.32. The molecule has 0 spiro atoms. The molecule has 88 valence electrons. The van der Waals surface area contributed by atoms with E-state index in [2.05, 4.69) is 10.1 Å². The third-order valence-corrected chi connectivity index (χ3v) is 2.38. The standard InChI is InChI=1S/C11H10ClN3O2/c1-17-10-2-3-11(16)15(14-10)7-9-6-8(12)4-5-13-9/h2-6H,7H2,1H3. The highest BCUT2D eigenvalue weighted by Crippen LogP contribution is 2.08. The summed E-state index contributed by atoms with van der Waals surface area (Å²) >= 11 is 5.84. The van der Waals surface area contributed by atoms with Crippen LogP contribution < -0.4 is 10.3 Å². The molecule has 2 rings (SSSR count). The number of methoxy groups -OCH3 is 1. The van der Waals surface area contributed by atoms with Crippen LogP contribution in [0.15, 0.2) is 35.3 Å². The first kappa shape index (κ1) is 11.6. The summed E-state index contributed by atoms with van der Waals surface area (Å²) in [6, 6.07) is 6.28. The quantitative estimate of drug-likeness (QED) is 0.826. The van der Waals surface area contributed by atoms with Crippen molar-refractivity contribution in [2.45, 2.75) is 6.54 Å². The van der Waals surface area contributed by atoms with Gasteiger partial charge in [-0.2, -0.15) is 0 Å². The van der Waals surface area contributed by atoms with Crippen LogP contribution in [0.5, 0.6) is 5.88 Å². The van der Waals surface area contributed by atoms with Crippen LogP contribution in [0.3, 0.4) is 0 Å². The second-order valence-electron chi connectivity index (χ2n) is 3.34. The van der Waals surface area contributed by atoms with Gasteiger partial charge in [-0.05, 0) is 12.1 Å². The Morgan fingerprint density at radius 2 is 2.24 bits per heavy atom. The highest BCUT2D eigenvalue weighted by atomic mass is 35.5. The Morgan fingerprint density at radius 1 is 1.41 bits per heavy atom. The Morgan fingerprint density at radius 3 is 2.94 bits per heavy atom. The van der Waals surface area contributed by atoms with Crippen molar-refractivity contribution < 1.29 is 4.74 Å². The zero-order chi connectivity index (χ0) is 12.3. The minimum atomic E-state index is -0.215. The van der Waals surface area contributed by atoms with E-state index in [9.17, 15) is 4.79 Å². The van der Waals surface area contributed by atoms with Crippen LogP contribution in [0, 0.1) is 0 Å². The second kappa shape index (κ2) is 4.97. The third kappa shape index (κ3) is 2.82. The lowest BCUT2D eigenvalue weighted by atomic mass is 10.3. The predicted molar refractivity (Wildman–Crippen MR) is 63.4 cm³/mol. The van der Waals surface area contributed by atoms with E-state index in [1.165, 1.54) is 23.9 Å². The Balaban J connectivity index is 2.32. The summed E-state index contributed by atoms with van der Waals surface area (Å²) in [6.45, 7) is 0.261. The molecule has 2 aromatic rings. The minimum Gasteiger partial charge on any atom is -0.480 e. The van der Waals surface area contributed by atoms with Gasteiger partial charge in [-0.15, -0.1) is 5.10 Å². The Labute approximate surface area is 103 Å². The molecular weight excluding hydrogens is 242 g/mol. The molecule has 0 saturated heterocycles. The predicted octanol–water partition coefficient (Wildman–Crippen LogP) is 1.35. The van der Waals surface area contributed by atoms with E-state index >= 15 is 0 Å². The van der Waals surface area contributed by atoms with E-state index in [0.717, 1.165) is 0 Å². The molecule has 6 heteroatoms. The molecule has 0 aliphatic heterocycles. The largest absolute Gasteiger partial charge is 0.480 e. The van der Waals surface area contributed by atoms with Gasteiger partial charge in [0, 0.05) is 23.4 Å². The topological polar surface area (TPSA) is 57.0 Å². The molecule has 5 nitrogen and oxygen atoms in total. The lowest BCUT2D eigenvalue weighted by Gasteiger charge is -2.05. The van der Waals surface area contributed by atoms with E-state index in [1.807, 2.05) is 0 Å². The monoisotopic (exact) mass is 251 g/mol.